The van der Waals surface area contributed by atoms with Crippen LogP contribution in [0, 0.1) is 13.8 Å². The largest absolute Gasteiger partial charge is 0.310 e. The van der Waals surface area contributed by atoms with Crippen molar-refractivity contribution in [2.75, 3.05) is 4.90 Å². The second-order valence-corrected chi connectivity index (χ2v) is 13.6. The maximum absolute atomic E-state index is 2.45. The SMILES string of the molecule is Cc1cccc(N(c2ccc(-c3ccc4ccc5cc6c7ccccc7n(-c7ccccc7)c6c6ccc3c4c56)cc2)c2cccc(C)c2)c1. The fraction of sp³-hybridized carbons (Fsp3) is 0.0417. The van der Waals surface area contributed by atoms with Crippen LogP contribution < -0.4 is 4.90 Å². The molecule has 10 aromatic rings. The third-order valence-corrected chi connectivity index (χ3v) is 10.4. The third-order valence-electron chi connectivity index (χ3n) is 10.4. The standard InChI is InChI=1S/C48H34N2/c1-31-10-8-14-38(28-31)49(39-15-9-11-32(2)29-39)37-23-20-33(21-24-37)40-25-22-34-18-19-35-30-44-41-16-6-7-17-45(41)50(36-12-4-3-5-13-36)48(44)43-27-26-42(40)46(34)47(35)43/h3-30H,1-2H3. The van der Waals surface area contributed by atoms with Gasteiger partial charge in [0, 0.05) is 38.9 Å². The number of aryl methyl sites for hydroxylation is 2. The Hall–Kier alpha value is -6.38. The number of fused-ring (bicyclic) bond motifs is 4. The summed E-state index contributed by atoms with van der Waals surface area (Å²) in [6.07, 6.45) is 0. The second kappa shape index (κ2) is 11.1. The van der Waals surface area contributed by atoms with Gasteiger partial charge in [0.05, 0.1) is 11.0 Å². The lowest BCUT2D eigenvalue weighted by atomic mass is 9.89. The van der Waals surface area contributed by atoms with Crippen molar-refractivity contribution in [1.29, 1.82) is 0 Å². The Morgan fingerprint density at radius 1 is 0.420 bits per heavy atom. The highest BCUT2D eigenvalue weighted by molar-refractivity contribution is 6.32. The first-order valence-electron chi connectivity index (χ1n) is 17.4. The van der Waals surface area contributed by atoms with E-state index >= 15 is 0 Å². The monoisotopic (exact) mass is 638 g/mol. The first-order chi connectivity index (χ1) is 24.6. The quantitative estimate of drug-likeness (QED) is 0.170. The number of benzene rings is 9. The van der Waals surface area contributed by atoms with E-state index in [2.05, 4.69) is 193 Å². The molecule has 0 aliphatic heterocycles. The van der Waals surface area contributed by atoms with E-state index in [9.17, 15) is 0 Å². The maximum Gasteiger partial charge on any atom is 0.0620 e. The Labute approximate surface area is 291 Å². The fourth-order valence-corrected chi connectivity index (χ4v) is 8.19. The Kier molecular flexibility index (Phi) is 6.34. The Morgan fingerprint density at radius 2 is 1.06 bits per heavy atom. The van der Waals surface area contributed by atoms with Crippen molar-refractivity contribution >= 4 is 71.2 Å². The van der Waals surface area contributed by atoms with E-state index in [-0.39, 0.29) is 0 Å². The lowest BCUT2D eigenvalue weighted by Crippen LogP contribution is -2.10. The van der Waals surface area contributed by atoms with Gasteiger partial charge in [0.1, 0.15) is 0 Å². The molecule has 1 heterocycles. The van der Waals surface area contributed by atoms with Gasteiger partial charge in [-0.2, -0.15) is 0 Å². The minimum absolute atomic E-state index is 1.14. The average molecular weight is 639 g/mol. The van der Waals surface area contributed by atoms with Crippen LogP contribution in [-0.4, -0.2) is 4.57 Å². The summed E-state index contributed by atoms with van der Waals surface area (Å²) in [4.78, 5) is 2.35. The molecule has 0 saturated heterocycles. The lowest BCUT2D eigenvalue weighted by molar-refractivity contribution is 1.19. The molecule has 1 aromatic heterocycles. The molecule has 50 heavy (non-hydrogen) atoms. The van der Waals surface area contributed by atoms with Gasteiger partial charge in [-0.1, -0.05) is 109 Å². The van der Waals surface area contributed by atoms with E-state index < -0.39 is 0 Å². The van der Waals surface area contributed by atoms with Crippen LogP contribution in [0.2, 0.25) is 0 Å². The number of hydrogen-bond donors (Lipinski definition) is 0. The number of hydrogen-bond acceptors (Lipinski definition) is 1. The van der Waals surface area contributed by atoms with E-state index in [4.69, 9.17) is 0 Å². The zero-order chi connectivity index (χ0) is 33.3. The summed E-state index contributed by atoms with van der Waals surface area (Å²) in [5, 5.41) is 10.3. The van der Waals surface area contributed by atoms with Crippen molar-refractivity contribution in [3.8, 4) is 16.8 Å². The van der Waals surface area contributed by atoms with Gasteiger partial charge >= 0.3 is 0 Å². The molecule has 0 aliphatic rings. The van der Waals surface area contributed by atoms with Crippen LogP contribution in [0.5, 0.6) is 0 Å². The van der Waals surface area contributed by atoms with E-state index in [0.717, 1.165) is 17.1 Å². The molecule has 9 aromatic carbocycles. The Balaban J connectivity index is 1.17. The molecule has 0 aliphatic carbocycles. The third kappa shape index (κ3) is 4.35. The fourth-order valence-electron chi connectivity index (χ4n) is 8.19. The highest BCUT2D eigenvalue weighted by Crippen LogP contribution is 2.45. The summed E-state index contributed by atoms with van der Waals surface area (Å²) < 4.78 is 2.45. The van der Waals surface area contributed by atoms with Crippen molar-refractivity contribution in [2.24, 2.45) is 0 Å². The van der Waals surface area contributed by atoms with E-state index in [1.54, 1.807) is 0 Å². The summed E-state index contributed by atoms with van der Waals surface area (Å²) in [7, 11) is 0. The normalized spacial score (nSPS) is 11.8. The van der Waals surface area contributed by atoms with E-state index in [1.165, 1.54) is 82.1 Å². The Bertz CT molecular complexity index is 2830. The number of nitrogens with zero attached hydrogens (tertiary/aromatic N) is 2. The zero-order valence-electron chi connectivity index (χ0n) is 28.1. The van der Waals surface area contributed by atoms with Gasteiger partial charge in [-0.15, -0.1) is 0 Å². The first kappa shape index (κ1) is 28.6. The van der Waals surface area contributed by atoms with E-state index in [1.807, 2.05) is 0 Å². The van der Waals surface area contributed by atoms with Crippen LogP contribution in [0.15, 0.2) is 170 Å². The number of aromatic nitrogens is 1. The molecule has 0 N–H and O–H groups in total. The maximum atomic E-state index is 2.45. The molecule has 0 bridgehead atoms. The van der Waals surface area contributed by atoms with Crippen LogP contribution in [0.25, 0.3) is 70.9 Å². The van der Waals surface area contributed by atoms with Gasteiger partial charge in [-0.05, 0) is 124 Å². The minimum atomic E-state index is 1.14. The zero-order valence-corrected chi connectivity index (χ0v) is 28.1. The molecular weight excluding hydrogens is 605 g/mol. The second-order valence-electron chi connectivity index (χ2n) is 13.6. The minimum Gasteiger partial charge on any atom is -0.310 e. The van der Waals surface area contributed by atoms with Crippen molar-refractivity contribution in [3.05, 3.63) is 181 Å². The van der Waals surface area contributed by atoms with Crippen LogP contribution in [0.4, 0.5) is 17.1 Å². The van der Waals surface area contributed by atoms with Crippen molar-refractivity contribution in [1.82, 2.24) is 4.57 Å². The molecule has 0 atom stereocenters. The summed E-state index contributed by atoms with van der Waals surface area (Å²) >= 11 is 0. The van der Waals surface area contributed by atoms with Crippen LogP contribution in [0.1, 0.15) is 11.1 Å². The number of rotatable bonds is 5. The van der Waals surface area contributed by atoms with Gasteiger partial charge in [0.25, 0.3) is 0 Å². The van der Waals surface area contributed by atoms with Crippen molar-refractivity contribution < 1.29 is 0 Å². The molecule has 2 heteroatoms. The molecule has 10 rings (SSSR count). The molecule has 0 saturated carbocycles. The highest BCUT2D eigenvalue weighted by atomic mass is 15.1. The smallest absolute Gasteiger partial charge is 0.0620 e. The molecule has 0 amide bonds. The molecular formula is C48H34N2. The topological polar surface area (TPSA) is 8.17 Å². The summed E-state index contributed by atoms with van der Waals surface area (Å²) in [6.45, 7) is 4.31. The van der Waals surface area contributed by atoms with Crippen molar-refractivity contribution in [3.63, 3.8) is 0 Å². The first-order valence-corrected chi connectivity index (χ1v) is 17.4. The van der Waals surface area contributed by atoms with Gasteiger partial charge < -0.3 is 9.47 Å². The average Bonchev–Trinajstić information content (AvgIpc) is 3.49. The van der Waals surface area contributed by atoms with E-state index in [0.29, 0.717) is 0 Å². The summed E-state index contributed by atoms with van der Waals surface area (Å²) in [5.41, 5.74) is 12.1. The van der Waals surface area contributed by atoms with Crippen LogP contribution in [0.3, 0.4) is 0 Å². The number of para-hydroxylation sites is 2. The van der Waals surface area contributed by atoms with Gasteiger partial charge in [-0.25, -0.2) is 0 Å². The van der Waals surface area contributed by atoms with Gasteiger partial charge in [-0.3, -0.25) is 0 Å². The summed E-state index contributed by atoms with van der Waals surface area (Å²) in [6, 6.07) is 62.5. The van der Waals surface area contributed by atoms with Gasteiger partial charge in [0.2, 0.25) is 0 Å². The summed E-state index contributed by atoms with van der Waals surface area (Å²) in [5.74, 6) is 0. The highest BCUT2D eigenvalue weighted by Gasteiger charge is 2.20. The van der Waals surface area contributed by atoms with Crippen molar-refractivity contribution in [2.45, 2.75) is 13.8 Å². The van der Waals surface area contributed by atoms with Crippen LogP contribution in [-0.2, 0) is 0 Å². The molecule has 236 valence electrons. The molecule has 0 spiro atoms. The van der Waals surface area contributed by atoms with Crippen LogP contribution >= 0.6 is 0 Å². The predicted octanol–water partition coefficient (Wildman–Crippen LogP) is 13.4. The van der Waals surface area contributed by atoms with Gasteiger partial charge in [0.15, 0.2) is 0 Å². The molecule has 0 radical (unpaired) electrons. The molecule has 0 fully saturated rings. The molecule has 0 unspecified atom stereocenters. The number of anilines is 3. The Morgan fingerprint density at radius 3 is 1.80 bits per heavy atom. The molecule has 2 nitrogen and oxygen atoms in total. The predicted molar refractivity (Wildman–Crippen MR) is 214 cm³/mol. The lowest BCUT2D eigenvalue weighted by Gasteiger charge is -2.26.